The number of aromatic nitrogens is 1. The van der Waals surface area contributed by atoms with Crippen molar-refractivity contribution in [2.75, 3.05) is 19.7 Å². The summed E-state index contributed by atoms with van der Waals surface area (Å²) in [5.41, 5.74) is 3.50. The molecule has 9 heteroatoms. The zero-order valence-corrected chi connectivity index (χ0v) is 20.3. The number of rotatable bonds is 5. The Morgan fingerprint density at radius 3 is 2.74 bits per heavy atom. The number of aliphatic imine (C=N–C) groups is 1. The standard InChI is InChI=1S/C25H28N6O2S/c1-17-8-9-20(15-18(17)2)33-14-13-29-12-6-7-19(29)16-21-22(26)31-24(27-23(21)32)34-25(28-31)30-10-4-3-5-11-30/h6-9,12,15-16,26H,3-5,10-11,13-14H2,1-2H3/b21-16+,26-22?. The molecule has 0 bridgehead atoms. The van der Waals surface area contributed by atoms with Crippen LogP contribution in [0.3, 0.4) is 0 Å². The predicted octanol–water partition coefficient (Wildman–Crippen LogP) is 4.25. The van der Waals surface area contributed by atoms with Crippen LogP contribution in [0.5, 0.6) is 5.75 Å². The minimum Gasteiger partial charge on any atom is -0.492 e. The lowest BCUT2D eigenvalue weighted by atomic mass is 10.1. The molecule has 5 rings (SSSR count). The molecule has 0 radical (unpaired) electrons. The number of nitrogens with one attached hydrogen (secondary N) is 1. The Kier molecular flexibility index (Phi) is 6.28. The van der Waals surface area contributed by atoms with Gasteiger partial charge in [0.15, 0.2) is 11.0 Å². The van der Waals surface area contributed by atoms with Gasteiger partial charge in [0.05, 0.1) is 12.1 Å². The number of amides is 1. The van der Waals surface area contributed by atoms with Crippen molar-refractivity contribution in [1.82, 2.24) is 14.5 Å². The molecule has 0 aliphatic carbocycles. The molecule has 1 fully saturated rings. The number of nitrogens with zero attached hydrogens (tertiary/aromatic N) is 5. The van der Waals surface area contributed by atoms with Gasteiger partial charge in [0.25, 0.3) is 5.91 Å². The third-order valence-electron chi connectivity index (χ3n) is 6.31. The molecule has 0 saturated carbocycles. The fourth-order valence-corrected chi connectivity index (χ4v) is 5.11. The van der Waals surface area contributed by atoms with Crippen LogP contribution in [0.15, 0.2) is 52.2 Å². The number of hydrogen-bond donors (Lipinski definition) is 1. The Balaban J connectivity index is 1.29. The zero-order valence-electron chi connectivity index (χ0n) is 19.5. The van der Waals surface area contributed by atoms with E-state index in [-0.39, 0.29) is 11.4 Å². The number of aryl methyl sites for hydroxylation is 2. The fourth-order valence-electron chi connectivity index (χ4n) is 4.17. The van der Waals surface area contributed by atoms with E-state index in [1.54, 1.807) is 6.08 Å². The van der Waals surface area contributed by atoms with Crippen LogP contribution in [0.4, 0.5) is 0 Å². The first-order valence-corrected chi connectivity index (χ1v) is 12.4. The summed E-state index contributed by atoms with van der Waals surface area (Å²) in [4.78, 5) is 19.2. The van der Waals surface area contributed by atoms with Crippen LogP contribution in [-0.2, 0) is 11.3 Å². The minimum absolute atomic E-state index is 0.0636. The van der Waals surface area contributed by atoms with Gasteiger partial charge in [-0.1, -0.05) is 6.07 Å². The highest BCUT2D eigenvalue weighted by Gasteiger charge is 2.37. The number of ether oxygens (including phenoxy) is 1. The van der Waals surface area contributed by atoms with E-state index < -0.39 is 5.91 Å². The third kappa shape index (κ3) is 4.52. The summed E-state index contributed by atoms with van der Waals surface area (Å²) >= 11 is 1.37. The average Bonchev–Trinajstić information content (AvgIpc) is 3.46. The lowest BCUT2D eigenvalue weighted by Gasteiger charge is -2.26. The minimum atomic E-state index is -0.405. The van der Waals surface area contributed by atoms with Gasteiger partial charge < -0.3 is 14.2 Å². The number of fused-ring (bicyclic) bond motifs is 1. The van der Waals surface area contributed by atoms with Gasteiger partial charge in [-0.2, -0.15) is 10.0 Å². The molecular formula is C25H28N6O2S. The molecule has 2 aromatic rings. The number of carbonyl (C=O) groups excluding carboxylic acids is 1. The van der Waals surface area contributed by atoms with Gasteiger partial charge in [-0.15, -0.1) is 5.10 Å². The van der Waals surface area contributed by atoms with Crippen LogP contribution in [0.25, 0.3) is 6.08 Å². The number of benzene rings is 1. The number of hydrogen-bond acceptors (Lipinski definition) is 6. The van der Waals surface area contributed by atoms with E-state index in [1.807, 2.05) is 35.0 Å². The average molecular weight is 477 g/mol. The van der Waals surface area contributed by atoms with Gasteiger partial charge in [0, 0.05) is 25.0 Å². The van der Waals surface area contributed by atoms with Gasteiger partial charge in [-0.05, 0) is 86.3 Å². The Hall–Kier alpha value is -3.33. The number of likely N-dealkylation sites (tertiary alicyclic amines) is 1. The normalized spacial score (nSPS) is 19.4. The zero-order chi connectivity index (χ0) is 23.7. The van der Waals surface area contributed by atoms with Gasteiger partial charge in [0.1, 0.15) is 12.4 Å². The molecule has 1 amide bonds. The number of piperidine rings is 1. The Morgan fingerprint density at radius 1 is 1.12 bits per heavy atom. The van der Waals surface area contributed by atoms with Crippen molar-refractivity contribution in [1.29, 1.82) is 5.41 Å². The summed E-state index contributed by atoms with van der Waals surface area (Å²) in [5, 5.41) is 16.0. The quantitative estimate of drug-likeness (QED) is 0.652. The molecule has 3 aliphatic rings. The van der Waals surface area contributed by atoms with Crippen molar-refractivity contribution in [3.8, 4) is 5.75 Å². The highest BCUT2D eigenvalue weighted by Crippen LogP contribution is 2.30. The molecular weight excluding hydrogens is 448 g/mol. The van der Waals surface area contributed by atoms with Crippen molar-refractivity contribution in [2.24, 2.45) is 10.1 Å². The van der Waals surface area contributed by atoms with Gasteiger partial charge >= 0.3 is 0 Å². The van der Waals surface area contributed by atoms with Crippen molar-refractivity contribution in [3.05, 3.63) is 58.9 Å². The van der Waals surface area contributed by atoms with E-state index in [0.717, 1.165) is 42.5 Å². The van der Waals surface area contributed by atoms with E-state index >= 15 is 0 Å². The van der Waals surface area contributed by atoms with E-state index in [9.17, 15) is 4.79 Å². The van der Waals surface area contributed by atoms with Gasteiger partial charge in [-0.25, -0.2) is 0 Å². The molecule has 34 heavy (non-hydrogen) atoms. The summed E-state index contributed by atoms with van der Waals surface area (Å²) in [6.07, 6.45) is 7.17. The first-order valence-electron chi connectivity index (χ1n) is 11.6. The Labute approximate surface area is 203 Å². The first kappa shape index (κ1) is 22.5. The predicted molar refractivity (Wildman–Crippen MR) is 136 cm³/mol. The monoisotopic (exact) mass is 476 g/mol. The fraction of sp³-hybridized carbons (Fsp3) is 0.360. The molecule has 176 valence electrons. The highest BCUT2D eigenvalue weighted by molar-refractivity contribution is 8.26. The van der Waals surface area contributed by atoms with Gasteiger partial charge in [0.2, 0.25) is 5.17 Å². The van der Waals surface area contributed by atoms with E-state index in [4.69, 9.17) is 10.1 Å². The second-order valence-electron chi connectivity index (χ2n) is 8.67. The smallest absolute Gasteiger partial charge is 0.283 e. The first-order chi connectivity index (χ1) is 16.5. The van der Waals surface area contributed by atoms with Crippen LogP contribution in [0.2, 0.25) is 0 Å². The highest BCUT2D eigenvalue weighted by atomic mass is 32.2. The summed E-state index contributed by atoms with van der Waals surface area (Å²) in [6, 6.07) is 9.92. The molecule has 1 saturated heterocycles. The molecule has 0 spiro atoms. The maximum absolute atomic E-state index is 12.8. The molecule has 1 aromatic heterocycles. The van der Waals surface area contributed by atoms with E-state index in [1.165, 1.54) is 34.3 Å². The lowest BCUT2D eigenvalue weighted by Crippen LogP contribution is -2.35. The summed E-state index contributed by atoms with van der Waals surface area (Å²) < 4.78 is 7.93. The van der Waals surface area contributed by atoms with Crippen LogP contribution in [0, 0.1) is 19.3 Å². The molecule has 8 nitrogen and oxygen atoms in total. The lowest BCUT2D eigenvalue weighted by molar-refractivity contribution is -0.114. The SMILES string of the molecule is Cc1ccc(OCCn2cccc2/C=C2\C(=N)N3N=C(N4CCCCC4)SC3=NC2=O)cc1C. The summed E-state index contributed by atoms with van der Waals surface area (Å²) in [7, 11) is 0. The maximum atomic E-state index is 12.8. The summed E-state index contributed by atoms with van der Waals surface area (Å²) in [6.45, 7) is 7.17. The Bertz CT molecular complexity index is 1220. The number of hydrazone groups is 1. The van der Waals surface area contributed by atoms with Crippen molar-refractivity contribution in [3.63, 3.8) is 0 Å². The molecule has 3 aliphatic heterocycles. The van der Waals surface area contributed by atoms with Crippen molar-refractivity contribution >= 4 is 39.9 Å². The topological polar surface area (TPSA) is 86.3 Å². The van der Waals surface area contributed by atoms with Crippen LogP contribution in [-0.4, -0.2) is 56.3 Å². The number of amidine groups is 3. The second-order valence-corrected chi connectivity index (χ2v) is 9.61. The molecule has 0 unspecified atom stereocenters. The molecule has 1 N–H and O–H groups in total. The third-order valence-corrected chi connectivity index (χ3v) is 7.28. The van der Waals surface area contributed by atoms with E-state index in [0.29, 0.717) is 18.3 Å². The molecule has 4 heterocycles. The van der Waals surface area contributed by atoms with Crippen LogP contribution in [0.1, 0.15) is 36.1 Å². The number of thioether (sulfide) groups is 1. The molecule has 0 atom stereocenters. The second kappa shape index (κ2) is 9.50. The van der Waals surface area contributed by atoms with Gasteiger partial charge in [-0.3, -0.25) is 10.2 Å². The summed E-state index contributed by atoms with van der Waals surface area (Å²) in [5.74, 6) is 0.502. The van der Waals surface area contributed by atoms with Crippen LogP contribution >= 0.6 is 11.8 Å². The maximum Gasteiger partial charge on any atom is 0.283 e. The Morgan fingerprint density at radius 2 is 1.94 bits per heavy atom. The van der Waals surface area contributed by atoms with Crippen molar-refractivity contribution < 1.29 is 9.53 Å². The van der Waals surface area contributed by atoms with Crippen LogP contribution < -0.4 is 4.74 Å². The largest absolute Gasteiger partial charge is 0.492 e. The van der Waals surface area contributed by atoms with Crippen molar-refractivity contribution in [2.45, 2.75) is 39.7 Å². The number of carbonyl (C=O) groups is 1. The van der Waals surface area contributed by atoms with E-state index in [2.05, 4.69) is 34.9 Å². The molecule has 1 aromatic carbocycles.